The van der Waals surface area contributed by atoms with Gasteiger partial charge in [0.2, 0.25) is 5.78 Å². The summed E-state index contributed by atoms with van der Waals surface area (Å²) in [5.41, 5.74) is 8.14. The van der Waals surface area contributed by atoms with Crippen molar-refractivity contribution >= 4 is 29.0 Å². The number of nitrogens with zero attached hydrogens (tertiary/aromatic N) is 2. The number of nitrogens with two attached hydrogens (primary N) is 1. The summed E-state index contributed by atoms with van der Waals surface area (Å²) in [6.45, 7) is 5.06. The highest BCUT2D eigenvalue weighted by Crippen LogP contribution is 2.22. The molecule has 7 nitrogen and oxygen atoms in total. The molecule has 8 heteroatoms. The molecule has 0 saturated carbocycles. The van der Waals surface area contributed by atoms with Gasteiger partial charge in [0.05, 0.1) is 16.3 Å². The van der Waals surface area contributed by atoms with Crippen LogP contribution in [-0.4, -0.2) is 28.1 Å². The van der Waals surface area contributed by atoms with Crippen LogP contribution in [-0.2, 0) is 4.74 Å². The van der Waals surface area contributed by atoms with E-state index in [-0.39, 0.29) is 23.6 Å². The highest BCUT2D eigenvalue weighted by atomic mass is 35.5. The van der Waals surface area contributed by atoms with Crippen LogP contribution in [0.5, 0.6) is 0 Å². The minimum Gasteiger partial charge on any atom is -0.454 e. The zero-order valence-electron chi connectivity index (χ0n) is 15.1. The Kier molecular flexibility index (Phi) is 5.05. The Bertz CT molecular complexity index is 1040. The van der Waals surface area contributed by atoms with E-state index in [0.717, 1.165) is 5.69 Å². The number of esters is 1. The van der Waals surface area contributed by atoms with Crippen molar-refractivity contribution in [3.63, 3.8) is 0 Å². The van der Waals surface area contributed by atoms with Gasteiger partial charge in [-0.25, -0.2) is 4.79 Å². The number of hydrogen-bond acceptors (Lipinski definition) is 6. The van der Waals surface area contributed by atoms with Gasteiger partial charge in [-0.05, 0) is 45.0 Å². The molecular formula is C19H18ClN3O4. The predicted octanol–water partition coefficient (Wildman–Crippen LogP) is 3.67. The third kappa shape index (κ3) is 3.73. The van der Waals surface area contributed by atoms with Crippen LogP contribution in [0, 0.1) is 20.8 Å². The summed E-state index contributed by atoms with van der Waals surface area (Å²) in [5, 5.41) is 4.32. The SMILES string of the molecule is Cc1cc(-n2c(C)cc(C(=O)COC(=O)c3ccc(Cl)c(N)c3)c2C)no1. The number of carbonyl (C=O) groups is 2. The molecule has 0 saturated heterocycles. The number of halogens is 1. The molecule has 0 radical (unpaired) electrons. The lowest BCUT2D eigenvalue weighted by atomic mass is 10.1. The van der Waals surface area contributed by atoms with E-state index < -0.39 is 5.97 Å². The molecule has 0 bridgehead atoms. The van der Waals surface area contributed by atoms with Crippen molar-refractivity contribution in [3.8, 4) is 5.82 Å². The number of aryl methyl sites for hydroxylation is 2. The fourth-order valence-corrected chi connectivity index (χ4v) is 2.94. The molecule has 2 heterocycles. The molecule has 0 amide bonds. The van der Waals surface area contributed by atoms with Crippen LogP contribution in [0.25, 0.3) is 5.82 Å². The van der Waals surface area contributed by atoms with Crippen molar-refractivity contribution in [1.82, 2.24) is 9.72 Å². The van der Waals surface area contributed by atoms with Gasteiger partial charge >= 0.3 is 5.97 Å². The first-order valence-electron chi connectivity index (χ1n) is 8.16. The number of anilines is 1. The molecule has 0 atom stereocenters. The van der Waals surface area contributed by atoms with Gasteiger partial charge in [-0.15, -0.1) is 0 Å². The number of hydrogen-bond donors (Lipinski definition) is 1. The van der Waals surface area contributed by atoms with Gasteiger partial charge in [0, 0.05) is 23.0 Å². The average molecular weight is 388 g/mol. The predicted molar refractivity (Wildman–Crippen MR) is 101 cm³/mol. The number of carbonyl (C=O) groups excluding carboxylic acids is 2. The molecule has 0 aliphatic rings. The summed E-state index contributed by atoms with van der Waals surface area (Å²) < 4.78 is 12.0. The van der Waals surface area contributed by atoms with Crippen molar-refractivity contribution in [2.45, 2.75) is 20.8 Å². The highest BCUT2D eigenvalue weighted by Gasteiger charge is 2.20. The van der Waals surface area contributed by atoms with Gasteiger partial charge in [0.1, 0.15) is 5.76 Å². The van der Waals surface area contributed by atoms with E-state index in [1.165, 1.54) is 18.2 Å². The van der Waals surface area contributed by atoms with Crippen LogP contribution in [0.4, 0.5) is 5.69 Å². The number of aromatic nitrogens is 2. The number of benzene rings is 1. The van der Waals surface area contributed by atoms with Crippen LogP contribution >= 0.6 is 11.6 Å². The highest BCUT2D eigenvalue weighted by molar-refractivity contribution is 6.33. The Hall–Kier alpha value is -3.06. The van der Waals surface area contributed by atoms with E-state index >= 15 is 0 Å². The molecule has 3 aromatic rings. The third-order valence-corrected chi connectivity index (χ3v) is 4.49. The Labute approximate surface area is 160 Å². The van der Waals surface area contributed by atoms with Crippen LogP contribution in [0.2, 0.25) is 5.02 Å². The topological polar surface area (TPSA) is 100 Å². The standard InChI is InChI=1S/C19H18ClN3O4/c1-10-6-14(12(3)23(10)18-7-11(2)27-22-18)17(24)9-26-19(25)13-4-5-15(20)16(21)8-13/h4-8H,9,21H2,1-3H3. The fraction of sp³-hybridized carbons (Fsp3) is 0.211. The van der Waals surface area contributed by atoms with E-state index in [4.69, 9.17) is 26.6 Å². The lowest BCUT2D eigenvalue weighted by molar-refractivity contribution is 0.0474. The number of Topliss-reactive ketones (excluding diaryl/α,β-unsaturated/α-hetero) is 1. The van der Waals surface area contributed by atoms with E-state index in [2.05, 4.69) is 5.16 Å². The van der Waals surface area contributed by atoms with Gasteiger partial charge < -0.3 is 15.0 Å². The average Bonchev–Trinajstić information content (AvgIpc) is 3.17. The fourth-order valence-electron chi connectivity index (χ4n) is 2.82. The zero-order valence-corrected chi connectivity index (χ0v) is 15.8. The molecule has 0 unspecified atom stereocenters. The molecule has 3 rings (SSSR count). The number of rotatable bonds is 5. The minimum absolute atomic E-state index is 0.230. The lowest BCUT2D eigenvalue weighted by Crippen LogP contribution is -2.15. The monoisotopic (exact) mass is 387 g/mol. The minimum atomic E-state index is -0.646. The summed E-state index contributed by atoms with van der Waals surface area (Å²) in [6.07, 6.45) is 0. The molecule has 1 aromatic carbocycles. The largest absolute Gasteiger partial charge is 0.454 e. The first-order valence-corrected chi connectivity index (χ1v) is 8.53. The Morgan fingerprint density at radius 1 is 1.22 bits per heavy atom. The summed E-state index contributed by atoms with van der Waals surface area (Å²) in [7, 11) is 0. The Balaban J connectivity index is 1.75. The molecule has 0 aliphatic carbocycles. The molecule has 27 heavy (non-hydrogen) atoms. The summed E-state index contributed by atoms with van der Waals surface area (Å²) in [5.74, 6) is 0.300. The molecule has 2 N–H and O–H groups in total. The van der Waals surface area contributed by atoms with Crippen LogP contribution in [0.3, 0.4) is 0 Å². The Morgan fingerprint density at radius 2 is 1.96 bits per heavy atom. The molecule has 0 aliphatic heterocycles. The summed E-state index contributed by atoms with van der Waals surface area (Å²) in [6, 6.07) is 7.91. The summed E-state index contributed by atoms with van der Waals surface area (Å²) >= 11 is 5.83. The van der Waals surface area contributed by atoms with Crippen LogP contribution in [0.15, 0.2) is 34.9 Å². The maximum Gasteiger partial charge on any atom is 0.338 e. The second kappa shape index (κ2) is 7.28. The second-order valence-corrected chi connectivity index (χ2v) is 6.56. The Morgan fingerprint density at radius 3 is 2.59 bits per heavy atom. The first-order chi connectivity index (χ1) is 12.8. The van der Waals surface area contributed by atoms with Crippen molar-refractivity contribution in [2.24, 2.45) is 0 Å². The first kappa shape index (κ1) is 18.7. The smallest absolute Gasteiger partial charge is 0.338 e. The van der Waals surface area contributed by atoms with Gasteiger partial charge in [0.25, 0.3) is 0 Å². The van der Waals surface area contributed by atoms with E-state index in [9.17, 15) is 9.59 Å². The number of ether oxygens (including phenoxy) is 1. The maximum atomic E-state index is 12.5. The molecule has 2 aromatic heterocycles. The number of ketones is 1. The third-order valence-electron chi connectivity index (χ3n) is 4.14. The van der Waals surface area contributed by atoms with Crippen molar-refractivity contribution in [3.05, 3.63) is 63.6 Å². The number of nitrogen functional groups attached to an aromatic ring is 1. The second-order valence-electron chi connectivity index (χ2n) is 6.15. The van der Waals surface area contributed by atoms with Gasteiger partial charge in [-0.1, -0.05) is 16.8 Å². The molecule has 0 spiro atoms. The molecular weight excluding hydrogens is 370 g/mol. The zero-order chi connectivity index (χ0) is 19.7. The van der Waals surface area contributed by atoms with Crippen molar-refractivity contribution in [1.29, 1.82) is 0 Å². The van der Waals surface area contributed by atoms with Crippen LogP contribution in [0.1, 0.15) is 37.9 Å². The quantitative estimate of drug-likeness (QED) is 0.407. The normalized spacial score (nSPS) is 10.8. The van der Waals surface area contributed by atoms with Crippen molar-refractivity contribution in [2.75, 3.05) is 12.3 Å². The van der Waals surface area contributed by atoms with Gasteiger partial charge in [0.15, 0.2) is 12.4 Å². The van der Waals surface area contributed by atoms with E-state index in [1.807, 2.05) is 11.5 Å². The van der Waals surface area contributed by atoms with E-state index in [0.29, 0.717) is 27.9 Å². The summed E-state index contributed by atoms with van der Waals surface area (Å²) in [4.78, 5) is 24.7. The van der Waals surface area contributed by atoms with Gasteiger partial charge in [-0.3, -0.25) is 9.36 Å². The van der Waals surface area contributed by atoms with E-state index in [1.54, 1.807) is 26.0 Å². The maximum absolute atomic E-state index is 12.5. The van der Waals surface area contributed by atoms with Gasteiger partial charge in [-0.2, -0.15) is 0 Å². The molecule has 140 valence electrons. The lowest BCUT2D eigenvalue weighted by Gasteiger charge is -2.07. The molecule has 0 fully saturated rings. The van der Waals surface area contributed by atoms with Crippen molar-refractivity contribution < 1.29 is 18.8 Å². The van der Waals surface area contributed by atoms with Crippen LogP contribution < -0.4 is 5.73 Å².